The van der Waals surface area contributed by atoms with E-state index in [9.17, 15) is 0 Å². The lowest BCUT2D eigenvalue weighted by atomic mass is 9.84. The minimum Gasteiger partial charge on any atom is -0.328 e. The van der Waals surface area contributed by atoms with Crippen LogP contribution in [0.3, 0.4) is 0 Å². The van der Waals surface area contributed by atoms with Crippen molar-refractivity contribution >= 4 is 0 Å². The first-order valence-electron chi connectivity index (χ1n) is 7.28. The molecular weight excluding hydrogens is 232 g/mol. The van der Waals surface area contributed by atoms with Crippen LogP contribution in [0.25, 0.3) is 0 Å². The summed E-state index contributed by atoms with van der Waals surface area (Å²) in [7, 11) is 0. The number of nitrogens with one attached hydrogen (secondary N) is 1. The van der Waals surface area contributed by atoms with Gasteiger partial charge in [-0.2, -0.15) is 0 Å². The zero-order chi connectivity index (χ0) is 14.6. The second kappa shape index (κ2) is 6.53. The molecule has 19 heavy (non-hydrogen) atoms. The van der Waals surface area contributed by atoms with Crippen LogP contribution in [-0.2, 0) is 12.0 Å². The van der Waals surface area contributed by atoms with E-state index in [1.165, 1.54) is 22.3 Å². The average molecular weight is 262 g/mol. The highest BCUT2D eigenvalue weighted by Crippen LogP contribution is 2.26. The summed E-state index contributed by atoms with van der Waals surface area (Å²) < 4.78 is 0. The molecule has 0 fully saturated rings. The second-order valence-corrected chi connectivity index (χ2v) is 6.78. The number of benzene rings is 1. The first-order valence-corrected chi connectivity index (χ1v) is 7.28. The predicted octanol–water partition coefficient (Wildman–Crippen LogP) is 3.43. The van der Waals surface area contributed by atoms with Crippen molar-refractivity contribution in [3.8, 4) is 0 Å². The SMILES string of the molecule is Cc1cc(C(C)(C)C)cc(C)c1CNCCC(C)N. The van der Waals surface area contributed by atoms with Gasteiger partial charge in [0.05, 0.1) is 0 Å². The minimum absolute atomic E-state index is 0.219. The van der Waals surface area contributed by atoms with Gasteiger partial charge in [0.25, 0.3) is 0 Å². The van der Waals surface area contributed by atoms with Crippen LogP contribution < -0.4 is 11.1 Å². The largest absolute Gasteiger partial charge is 0.328 e. The fourth-order valence-corrected chi connectivity index (χ4v) is 2.25. The summed E-state index contributed by atoms with van der Waals surface area (Å²) in [6.45, 7) is 15.2. The molecule has 0 radical (unpaired) electrons. The van der Waals surface area contributed by atoms with Crippen LogP contribution in [0.5, 0.6) is 0 Å². The van der Waals surface area contributed by atoms with Gasteiger partial charge in [0, 0.05) is 12.6 Å². The molecule has 1 atom stereocenters. The van der Waals surface area contributed by atoms with Gasteiger partial charge < -0.3 is 11.1 Å². The van der Waals surface area contributed by atoms with Gasteiger partial charge in [0.1, 0.15) is 0 Å². The first-order chi connectivity index (χ1) is 8.71. The highest BCUT2D eigenvalue weighted by Gasteiger charge is 2.16. The topological polar surface area (TPSA) is 38.0 Å². The summed E-state index contributed by atoms with van der Waals surface area (Å²) in [5.41, 5.74) is 11.6. The van der Waals surface area contributed by atoms with Gasteiger partial charge in [-0.25, -0.2) is 0 Å². The minimum atomic E-state index is 0.219. The van der Waals surface area contributed by atoms with Gasteiger partial charge >= 0.3 is 0 Å². The molecule has 0 aliphatic carbocycles. The van der Waals surface area contributed by atoms with Crippen LogP contribution in [0, 0.1) is 13.8 Å². The third kappa shape index (κ3) is 4.96. The lowest BCUT2D eigenvalue weighted by Crippen LogP contribution is -2.24. The Morgan fingerprint density at radius 2 is 1.68 bits per heavy atom. The Labute approximate surface area is 118 Å². The van der Waals surface area contributed by atoms with Gasteiger partial charge in [0.15, 0.2) is 0 Å². The van der Waals surface area contributed by atoms with Gasteiger partial charge in [-0.15, -0.1) is 0 Å². The molecule has 1 unspecified atom stereocenters. The van der Waals surface area contributed by atoms with Gasteiger partial charge in [-0.1, -0.05) is 32.9 Å². The Bertz CT molecular complexity index is 391. The van der Waals surface area contributed by atoms with Crippen molar-refractivity contribution in [2.45, 2.75) is 66.0 Å². The molecule has 1 rings (SSSR count). The molecular formula is C17H30N2. The molecule has 1 aromatic rings. The number of hydrogen-bond donors (Lipinski definition) is 2. The van der Waals surface area contributed by atoms with Crippen LogP contribution in [0.1, 0.15) is 56.4 Å². The number of rotatable bonds is 5. The lowest BCUT2D eigenvalue weighted by molar-refractivity contribution is 0.580. The maximum atomic E-state index is 5.76. The Morgan fingerprint density at radius 1 is 1.16 bits per heavy atom. The molecule has 0 aromatic heterocycles. The highest BCUT2D eigenvalue weighted by molar-refractivity contribution is 5.40. The summed E-state index contributed by atoms with van der Waals surface area (Å²) in [5, 5.41) is 3.49. The molecule has 2 nitrogen and oxygen atoms in total. The Kier molecular flexibility index (Phi) is 5.57. The van der Waals surface area contributed by atoms with E-state index in [0.717, 1.165) is 19.5 Å². The summed E-state index contributed by atoms with van der Waals surface area (Å²) in [4.78, 5) is 0. The molecule has 0 aliphatic heterocycles. The first kappa shape index (κ1) is 16.2. The third-order valence-corrected chi connectivity index (χ3v) is 3.64. The molecule has 0 saturated heterocycles. The van der Waals surface area contributed by atoms with E-state index in [-0.39, 0.29) is 11.5 Å². The highest BCUT2D eigenvalue weighted by atomic mass is 14.9. The fraction of sp³-hybridized carbons (Fsp3) is 0.647. The molecule has 3 N–H and O–H groups in total. The van der Waals surface area contributed by atoms with E-state index in [1.807, 2.05) is 0 Å². The molecule has 2 heteroatoms. The van der Waals surface area contributed by atoms with Crippen molar-refractivity contribution in [2.24, 2.45) is 5.73 Å². The third-order valence-electron chi connectivity index (χ3n) is 3.64. The van der Waals surface area contributed by atoms with E-state index in [2.05, 4.69) is 59.0 Å². The lowest BCUT2D eigenvalue weighted by Gasteiger charge is -2.22. The summed E-state index contributed by atoms with van der Waals surface area (Å²) in [6, 6.07) is 4.93. The van der Waals surface area contributed by atoms with Crippen molar-refractivity contribution in [1.82, 2.24) is 5.32 Å². The van der Waals surface area contributed by atoms with E-state index >= 15 is 0 Å². The van der Waals surface area contributed by atoms with Gasteiger partial charge in [-0.05, 0) is 61.4 Å². The molecule has 108 valence electrons. The maximum Gasteiger partial charge on any atom is 0.0210 e. The van der Waals surface area contributed by atoms with Crippen molar-refractivity contribution < 1.29 is 0 Å². The Balaban J connectivity index is 2.75. The van der Waals surface area contributed by atoms with Gasteiger partial charge in [-0.3, -0.25) is 0 Å². The predicted molar refractivity (Wildman–Crippen MR) is 84.6 cm³/mol. The monoisotopic (exact) mass is 262 g/mol. The van der Waals surface area contributed by atoms with Crippen LogP contribution >= 0.6 is 0 Å². The van der Waals surface area contributed by atoms with E-state index in [0.29, 0.717) is 0 Å². The molecule has 0 aliphatic rings. The van der Waals surface area contributed by atoms with Crippen molar-refractivity contribution in [3.05, 3.63) is 34.4 Å². The van der Waals surface area contributed by atoms with E-state index in [1.54, 1.807) is 0 Å². The zero-order valence-corrected chi connectivity index (χ0v) is 13.4. The smallest absolute Gasteiger partial charge is 0.0210 e. The van der Waals surface area contributed by atoms with Gasteiger partial charge in [0.2, 0.25) is 0 Å². The number of nitrogens with two attached hydrogens (primary N) is 1. The van der Waals surface area contributed by atoms with Crippen LogP contribution in [0.2, 0.25) is 0 Å². The number of aryl methyl sites for hydroxylation is 2. The normalized spacial score (nSPS) is 13.6. The molecule has 0 bridgehead atoms. The maximum absolute atomic E-state index is 5.76. The van der Waals surface area contributed by atoms with Crippen molar-refractivity contribution in [3.63, 3.8) is 0 Å². The quantitative estimate of drug-likeness (QED) is 0.798. The molecule has 0 spiro atoms. The van der Waals surface area contributed by atoms with E-state index < -0.39 is 0 Å². The second-order valence-electron chi connectivity index (χ2n) is 6.78. The summed E-state index contributed by atoms with van der Waals surface area (Å²) >= 11 is 0. The number of hydrogen-bond acceptors (Lipinski definition) is 2. The zero-order valence-electron chi connectivity index (χ0n) is 13.4. The fourth-order valence-electron chi connectivity index (χ4n) is 2.25. The molecule has 0 amide bonds. The Morgan fingerprint density at radius 3 is 2.11 bits per heavy atom. The average Bonchev–Trinajstić information content (AvgIpc) is 2.25. The molecule has 0 saturated carbocycles. The molecule has 1 aromatic carbocycles. The molecule has 0 heterocycles. The van der Waals surface area contributed by atoms with Crippen molar-refractivity contribution in [2.75, 3.05) is 6.54 Å². The van der Waals surface area contributed by atoms with Crippen LogP contribution in [0.4, 0.5) is 0 Å². The van der Waals surface area contributed by atoms with Crippen LogP contribution in [0.15, 0.2) is 12.1 Å². The summed E-state index contributed by atoms with van der Waals surface area (Å²) in [5.74, 6) is 0. The van der Waals surface area contributed by atoms with Crippen molar-refractivity contribution in [1.29, 1.82) is 0 Å². The standard InChI is InChI=1S/C17H30N2/c1-12-9-15(17(4,5)6)10-13(2)16(12)11-19-8-7-14(3)18/h9-10,14,19H,7-8,11,18H2,1-6H3. The van der Waals surface area contributed by atoms with E-state index in [4.69, 9.17) is 5.73 Å². The Hall–Kier alpha value is -0.860. The van der Waals surface area contributed by atoms with Crippen LogP contribution in [-0.4, -0.2) is 12.6 Å². The summed E-state index contributed by atoms with van der Waals surface area (Å²) in [6.07, 6.45) is 1.03.